The van der Waals surface area contributed by atoms with Gasteiger partial charge in [-0.05, 0) is 31.0 Å². The predicted molar refractivity (Wildman–Crippen MR) is 125 cm³/mol. The molecule has 3 aromatic rings. The molecule has 0 radical (unpaired) electrons. The van der Waals surface area contributed by atoms with Gasteiger partial charge < -0.3 is 15.5 Å². The second-order valence-corrected chi connectivity index (χ2v) is 8.52. The topological polar surface area (TPSA) is 83.0 Å². The molecule has 1 fully saturated rings. The number of rotatable bonds is 5. The fourth-order valence-corrected chi connectivity index (χ4v) is 4.02. The van der Waals surface area contributed by atoms with Gasteiger partial charge in [0.1, 0.15) is 17.8 Å². The van der Waals surface area contributed by atoms with E-state index in [1.54, 1.807) is 6.07 Å². The Balaban J connectivity index is 1.57. The maximum atomic E-state index is 13.5. The highest BCUT2D eigenvalue weighted by atomic mass is 35.5. The minimum absolute atomic E-state index is 0.0782. The summed E-state index contributed by atoms with van der Waals surface area (Å²) in [6.45, 7) is 0.401. The number of pyridine rings is 1. The molecule has 0 unspecified atom stereocenters. The Morgan fingerprint density at radius 2 is 1.71 bits per heavy atom. The molecule has 2 N–H and O–H groups in total. The van der Waals surface area contributed by atoms with Crippen molar-refractivity contribution in [2.45, 2.75) is 25.2 Å². The lowest BCUT2D eigenvalue weighted by atomic mass is 10.1. The molecule has 4 rings (SSSR count). The second-order valence-electron chi connectivity index (χ2n) is 7.70. The number of carbonyl (C=O) groups excluding carboxylic acids is 1. The fourth-order valence-electron chi connectivity index (χ4n) is 3.45. The molecule has 0 aliphatic carbocycles. The van der Waals surface area contributed by atoms with Crippen molar-refractivity contribution in [3.8, 4) is 0 Å². The number of anilines is 4. The fraction of sp³-hybridized carbons (Fsp3) is 0.273. The molecule has 0 atom stereocenters. The number of benzene rings is 1. The van der Waals surface area contributed by atoms with Crippen molar-refractivity contribution < 1.29 is 22.4 Å². The summed E-state index contributed by atoms with van der Waals surface area (Å²) in [6, 6.07) is 8.28. The van der Waals surface area contributed by atoms with Crippen LogP contribution < -0.4 is 15.5 Å². The molecule has 0 saturated carbocycles. The number of halogens is 6. The van der Waals surface area contributed by atoms with Gasteiger partial charge in [-0.3, -0.25) is 4.79 Å². The molecule has 7 nitrogen and oxygen atoms in total. The third kappa shape index (κ3) is 6.09. The average Bonchev–Trinajstić information content (AvgIpc) is 2.79. The molecule has 3 heterocycles. The van der Waals surface area contributed by atoms with Crippen molar-refractivity contribution in [1.29, 1.82) is 0 Å². The first-order chi connectivity index (χ1) is 16.6. The summed E-state index contributed by atoms with van der Waals surface area (Å²) in [5, 5.41) is 5.66. The highest BCUT2D eigenvalue weighted by Gasteiger charge is 2.35. The summed E-state index contributed by atoms with van der Waals surface area (Å²) >= 11 is 12.1. The van der Waals surface area contributed by atoms with E-state index in [0.29, 0.717) is 5.69 Å². The van der Waals surface area contributed by atoms with E-state index in [1.807, 2.05) is 0 Å². The number of amides is 1. The van der Waals surface area contributed by atoms with Crippen molar-refractivity contribution in [2.24, 2.45) is 0 Å². The van der Waals surface area contributed by atoms with E-state index in [1.165, 1.54) is 35.4 Å². The zero-order valence-electron chi connectivity index (χ0n) is 17.9. The van der Waals surface area contributed by atoms with Crippen LogP contribution in [0.2, 0.25) is 10.0 Å². The highest BCUT2D eigenvalue weighted by Crippen LogP contribution is 2.32. The standard InChI is InChI=1S/C22H18Cl2F4N6O/c23-14-2-1-3-15(24)19(14)20(35)30-13-4-7-29-17(10-13)32-18-11-16(22(26,27)28)31-21(33-18)34-8-5-12(25)6-9-34/h1-4,7,10-12H,5-6,8-9H2,(H2,29,30,31,32,33,35). The van der Waals surface area contributed by atoms with Gasteiger partial charge in [0.2, 0.25) is 5.95 Å². The van der Waals surface area contributed by atoms with E-state index >= 15 is 0 Å². The molecule has 1 aromatic carbocycles. The van der Waals surface area contributed by atoms with E-state index in [-0.39, 0.29) is 59.1 Å². The van der Waals surface area contributed by atoms with Gasteiger partial charge >= 0.3 is 6.18 Å². The molecule has 1 saturated heterocycles. The zero-order valence-corrected chi connectivity index (χ0v) is 19.4. The van der Waals surface area contributed by atoms with Crippen LogP contribution in [0.5, 0.6) is 0 Å². The summed E-state index contributed by atoms with van der Waals surface area (Å²) in [5.74, 6) is -0.771. The first kappa shape index (κ1) is 24.9. The Morgan fingerprint density at radius 3 is 2.37 bits per heavy atom. The lowest BCUT2D eigenvalue weighted by Gasteiger charge is -2.29. The third-order valence-corrected chi connectivity index (χ3v) is 5.81. The van der Waals surface area contributed by atoms with Gasteiger partial charge in [0.05, 0.1) is 15.6 Å². The number of carbonyl (C=O) groups is 1. The first-order valence-corrected chi connectivity index (χ1v) is 11.2. The number of alkyl halides is 4. The van der Waals surface area contributed by atoms with Gasteiger partial charge in [-0.2, -0.15) is 18.2 Å². The van der Waals surface area contributed by atoms with Crippen molar-refractivity contribution in [2.75, 3.05) is 28.6 Å². The quantitative estimate of drug-likeness (QED) is 0.387. The van der Waals surface area contributed by atoms with Gasteiger partial charge in [0, 0.05) is 37.1 Å². The molecule has 1 aliphatic rings. The monoisotopic (exact) mass is 528 g/mol. The summed E-state index contributed by atoms with van der Waals surface area (Å²) in [7, 11) is 0. The number of aromatic nitrogens is 3. The largest absolute Gasteiger partial charge is 0.433 e. The van der Waals surface area contributed by atoms with Crippen LogP contribution in [0.1, 0.15) is 28.9 Å². The van der Waals surface area contributed by atoms with E-state index < -0.39 is 23.9 Å². The van der Waals surface area contributed by atoms with Crippen molar-refractivity contribution >= 4 is 52.4 Å². The smallest absolute Gasteiger partial charge is 0.341 e. The van der Waals surface area contributed by atoms with Crippen molar-refractivity contribution in [3.63, 3.8) is 0 Å². The Morgan fingerprint density at radius 1 is 1.03 bits per heavy atom. The summed E-state index contributed by atoms with van der Waals surface area (Å²) < 4.78 is 53.9. The predicted octanol–water partition coefficient (Wildman–Crippen LogP) is 6.13. The normalized spacial score (nSPS) is 14.6. The molecule has 0 bridgehead atoms. The van der Waals surface area contributed by atoms with Crippen molar-refractivity contribution in [1.82, 2.24) is 15.0 Å². The molecule has 2 aromatic heterocycles. The Kier molecular flexibility index (Phi) is 7.27. The SMILES string of the molecule is O=C(Nc1ccnc(Nc2cc(C(F)(F)F)nc(N3CCC(F)CC3)n2)c1)c1c(Cl)cccc1Cl. The highest BCUT2D eigenvalue weighted by molar-refractivity contribution is 6.40. The van der Waals surface area contributed by atoms with Crippen LogP contribution in [0.25, 0.3) is 0 Å². The lowest BCUT2D eigenvalue weighted by Crippen LogP contribution is -2.36. The molecule has 1 aliphatic heterocycles. The summed E-state index contributed by atoms with van der Waals surface area (Å²) in [6.07, 6.45) is -4.01. The average molecular weight is 529 g/mol. The molecule has 1 amide bonds. The van der Waals surface area contributed by atoms with Gasteiger partial charge in [-0.25, -0.2) is 14.4 Å². The molecule has 35 heavy (non-hydrogen) atoms. The van der Waals surface area contributed by atoms with Crippen LogP contribution in [-0.4, -0.2) is 40.1 Å². The van der Waals surface area contributed by atoms with E-state index in [0.717, 1.165) is 6.07 Å². The van der Waals surface area contributed by atoms with Crippen LogP contribution in [-0.2, 0) is 6.18 Å². The summed E-state index contributed by atoms with van der Waals surface area (Å²) in [4.78, 5) is 26.0. The molecule has 0 spiro atoms. The zero-order chi connectivity index (χ0) is 25.2. The lowest BCUT2D eigenvalue weighted by molar-refractivity contribution is -0.141. The van der Waals surface area contributed by atoms with Gasteiger partial charge in [0.25, 0.3) is 5.91 Å². The number of hydrogen-bond acceptors (Lipinski definition) is 6. The van der Waals surface area contributed by atoms with Gasteiger partial charge in [0.15, 0.2) is 5.69 Å². The van der Waals surface area contributed by atoms with Crippen LogP contribution in [0.4, 0.5) is 40.8 Å². The van der Waals surface area contributed by atoms with E-state index in [4.69, 9.17) is 23.2 Å². The first-order valence-electron chi connectivity index (χ1n) is 10.4. The molecule has 184 valence electrons. The van der Waals surface area contributed by atoms with Crippen LogP contribution >= 0.6 is 23.2 Å². The molecular formula is C22H18Cl2F4N6O. The second kappa shape index (κ2) is 10.2. The van der Waals surface area contributed by atoms with Gasteiger partial charge in [-0.15, -0.1) is 0 Å². The third-order valence-electron chi connectivity index (χ3n) is 5.18. The Labute approximate surface area is 207 Å². The maximum Gasteiger partial charge on any atom is 0.433 e. The number of nitrogens with zero attached hydrogens (tertiary/aromatic N) is 4. The van der Waals surface area contributed by atoms with Crippen LogP contribution in [0.3, 0.4) is 0 Å². The number of nitrogens with one attached hydrogen (secondary N) is 2. The minimum Gasteiger partial charge on any atom is -0.341 e. The number of piperidine rings is 1. The molecule has 13 heteroatoms. The molecular weight excluding hydrogens is 511 g/mol. The number of hydrogen-bond donors (Lipinski definition) is 2. The van der Waals surface area contributed by atoms with E-state index in [2.05, 4.69) is 25.6 Å². The maximum absolute atomic E-state index is 13.5. The Hall–Kier alpha value is -3.18. The minimum atomic E-state index is -4.72. The van der Waals surface area contributed by atoms with E-state index in [9.17, 15) is 22.4 Å². The summed E-state index contributed by atoms with van der Waals surface area (Å²) in [5.41, 5.74) is -0.779. The van der Waals surface area contributed by atoms with Crippen molar-refractivity contribution in [3.05, 3.63) is 63.9 Å². The Bertz CT molecular complexity index is 1210. The van der Waals surface area contributed by atoms with Crippen LogP contribution in [0.15, 0.2) is 42.6 Å². The van der Waals surface area contributed by atoms with Crippen LogP contribution in [0, 0.1) is 0 Å². The van der Waals surface area contributed by atoms with Gasteiger partial charge in [-0.1, -0.05) is 29.3 Å².